The Morgan fingerprint density at radius 3 is 2.45 bits per heavy atom. The molecule has 7 heteroatoms. The Balaban J connectivity index is 1.91. The van der Waals surface area contributed by atoms with Gasteiger partial charge in [-0.05, 0) is 32.6 Å². The smallest absolute Gasteiger partial charge is 0.282 e. The Morgan fingerprint density at radius 1 is 1.15 bits per heavy atom. The van der Waals surface area contributed by atoms with Crippen molar-refractivity contribution in [2.75, 3.05) is 32.1 Å². The number of hydrogen-bond acceptors (Lipinski definition) is 3. The molecular formula is C13H25ClN2O3S. The van der Waals surface area contributed by atoms with Gasteiger partial charge in [0.1, 0.15) is 0 Å². The van der Waals surface area contributed by atoms with Crippen molar-refractivity contribution in [1.29, 1.82) is 0 Å². The normalized spacial score (nSPS) is 27.8. The first-order valence-corrected chi connectivity index (χ1v) is 9.43. The van der Waals surface area contributed by atoms with Gasteiger partial charge >= 0.3 is 0 Å². The first-order chi connectivity index (χ1) is 9.55. The molecule has 0 amide bonds. The number of nitrogens with zero attached hydrogens (tertiary/aromatic N) is 2. The van der Waals surface area contributed by atoms with Crippen molar-refractivity contribution in [3.05, 3.63) is 0 Å². The Bertz CT molecular complexity index is 396. The van der Waals surface area contributed by atoms with E-state index in [4.69, 9.17) is 16.3 Å². The van der Waals surface area contributed by atoms with Crippen LogP contribution in [0, 0.1) is 0 Å². The van der Waals surface area contributed by atoms with Crippen LogP contribution in [0.25, 0.3) is 0 Å². The van der Waals surface area contributed by atoms with Gasteiger partial charge in [0.05, 0.1) is 12.7 Å². The highest BCUT2D eigenvalue weighted by Gasteiger charge is 2.36. The van der Waals surface area contributed by atoms with Crippen LogP contribution < -0.4 is 0 Å². The molecule has 0 aromatic rings. The van der Waals surface area contributed by atoms with Gasteiger partial charge in [-0.1, -0.05) is 6.42 Å². The van der Waals surface area contributed by atoms with Gasteiger partial charge in [-0.3, -0.25) is 0 Å². The van der Waals surface area contributed by atoms with Crippen LogP contribution in [-0.2, 0) is 14.9 Å². The highest BCUT2D eigenvalue weighted by Crippen LogP contribution is 2.25. The molecule has 2 rings (SSSR count). The van der Waals surface area contributed by atoms with E-state index in [1.807, 2.05) is 6.92 Å². The minimum atomic E-state index is -3.29. The summed E-state index contributed by atoms with van der Waals surface area (Å²) in [4.78, 5) is 0. The van der Waals surface area contributed by atoms with Crippen LogP contribution >= 0.6 is 11.6 Å². The average molecular weight is 325 g/mol. The molecule has 0 radical (unpaired) electrons. The van der Waals surface area contributed by atoms with Gasteiger partial charge in [0.15, 0.2) is 0 Å². The van der Waals surface area contributed by atoms with Crippen LogP contribution in [0.4, 0.5) is 0 Å². The first kappa shape index (κ1) is 16.5. The maximum atomic E-state index is 12.7. The topological polar surface area (TPSA) is 49.9 Å². The van der Waals surface area contributed by atoms with Crippen molar-refractivity contribution in [3.63, 3.8) is 0 Å². The Kier molecular flexibility index (Phi) is 6.10. The van der Waals surface area contributed by atoms with Gasteiger partial charge in [-0.25, -0.2) is 0 Å². The molecule has 1 unspecified atom stereocenters. The third-order valence-electron chi connectivity index (χ3n) is 4.20. The van der Waals surface area contributed by atoms with Crippen molar-refractivity contribution in [2.24, 2.45) is 0 Å². The number of halogens is 1. The Morgan fingerprint density at radius 2 is 1.85 bits per heavy atom. The molecule has 0 spiro atoms. The maximum absolute atomic E-state index is 12.7. The minimum Gasteiger partial charge on any atom is -0.377 e. The van der Waals surface area contributed by atoms with Gasteiger partial charge in [-0.2, -0.15) is 17.0 Å². The number of rotatable bonds is 5. The monoisotopic (exact) mass is 324 g/mol. The summed E-state index contributed by atoms with van der Waals surface area (Å²) < 4.78 is 34.2. The molecule has 20 heavy (non-hydrogen) atoms. The van der Waals surface area contributed by atoms with E-state index in [0.717, 1.165) is 32.1 Å². The van der Waals surface area contributed by atoms with Gasteiger partial charge in [0.2, 0.25) is 0 Å². The van der Waals surface area contributed by atoms with Crippen molar-refractivity contribution >= 4 is 21.8 Å². The molecule has 2 heterocycles. The third-order valence-corrected chi connectivity index (χ3v) is 6.50. The quantitative estimate of drug-likeness (QED) is 0.725. The minimum absolute atomic E-state index is 0.124. The summed E-state index contributed by atoms with van der Waals surface area (Å²) in [5, 5.41) is 0. The second-order valence-electron chi connectivity index (χ2n) is 5.62. The van der Waals surface area contributed by atoms with E-state index in [-0.39, 0.29) is 12.1 Å². The highest BCUT2D eigenvalue weighted by molar-refractivity contribution is 7.86. The summed E-state index contributed by atoms with van der Waals surface area (Å²) in [6.45, 7) is 4.32. The molecule has 2 fully saturated rings. The van der Waals surface area contributed by atoms with E-state index in [1.54, 1.807) is 8.61 Å². The van der Waals surface area contributed by atoms with Crippen molar-refractivity contribution in [3.8, 4) is 0 Å². The van der Waals surface area contributed by atoms with Crippen LogP contribution in [-0.4, -0.2) is 61.3 Å². The van der Waals surface area contributed by atoms with E-state index in [0.29, 0.717) is 32.1 Å². The van der Waals surface area contributed by atoms with E-state index in [2.05, 4.69) is 0 Å². The third kappa shape index (κ3) is 3.85. The van der Waals surface area contributed by atoms with Crippen molar-refractivity contribution < 1.29 is 13.2 Å². The molecule has 0 aromatic carbocycles. The molecule has 0 aliphatic carbocycles. The van der Waals surface area contributed by atoms with Crippen molar-refractivity contribution in [1.82, 2.24) is 8.61 Å². The van der Waals surface area contributed by atoms with Gasteiger partial charge in [0, 0.05) is 31.6 Å². The standard InChI is InChI=1S/C13H25ClN2O3S/c1-12-4-2-3-8-16(12)20(17,18)15-9-5-13(6-10-15)19-11-7-14/h12-13H,2-11H2,1H3. The van der Waals surface area contributed by atoms with E-state index >= 15 is 0 Å². The zero-order valence-corrected chi connectivity index (χ0v) is 13.7. The van der Waals surface area contributed by atoms with Crippen LogP contribution in [0.5, 0.6) is 0 Å². The van der Waals surface area contributed by atoms with Crippen molar-refractivity contribution in [2.45, 2.75) is 51.2 Å². The molecule has 5 nitrogen and oxygen atoms in total. The number of hydrogen-bond donors (Lipinski definition) is 0. The number of ether oxygens (including phenoxy) is 1. The SMILES string of the molecule is CC1CCCCN1S(=O)(=O)N1CCC(OCCCl)CC1. The largest absolute Gasteiger partial charge is 0.377 e. The molecule has 2 aliphatic heterocycles. The van der Waals surface area contributed by atoms with Gasteiger partial charge in [0.25, 0.3) is 10.2 Å². The zero-order chi connectivity index (χ0) is 14.6. The molecule has 0 bridgehead atoms. The lowest BCUT2D eigenvalue weighted by Crippen LogP contribution is -2.52. The lowest BCUT2D eigenvalue weighted by Gasteiger charge is -2.38. The first-order valence-electron chi connectivity index (χ1n) is 7.50. The fraction of sp³-hybridized carbons (Fsp3) is 1.00. The lowest BCUT2D eigenvalue weighted by atomic mass is 10.1. The van der Waals surface area contributed by atoms with Crippen LogP contribution in [0.1, 0.15) is 39.0 Å². The summed E-state index contributed by atoms with van der Waals surface area (Å²) in [6.07, 6.45) is 4.74. The van der Waals surface area contributed by atoms with E-state index < -0.39 is 10.2 Å². The number of piperidine rings is 2. The van der Waals surface area contributed by atoms with Gasteiger partial charge in [-0.15, -0.1) is 11.6 Å². The van der Waals surface area contributed by atoms with E-state index in [1.165, 1.54) is 0 Å². The second kappa shape index (κ2) is 7.40. The van der Waals surface area contributed by atoms with Gasteiger partial charge < -0.3 is 4.74 Å². The summed E-state index contributed by atoms with van der Waals surface area (Å²) in [5.74, 6) is 0.490. The summed E-state index contributed by atoms with van der Waals surface area (Å²) in [5.41, 5.74) is 0. The van der Waals surface area contributed by atoms with Crippen LogP contribution in [0.15, 0.2) is 0 Å². The van der Waals surface area contributed by atoms with E-state index in [9.17, 15) is 8.42 Å². The molecule has 0 aromatic heterocycles. The highest BCUT2D eigenvalue weighted by atomic mass is 35.5. The summed E-state index contributed by atoms with van der Waals surface area (Å²) in [7, 11) is -3.29. The maximum Gasteiger partial charge on any atom is 0.282 e. The molecule has 1 atom stereocenters. The van der Waals surface area contributed by atoms with Crippen LogP contribution in [0.3, 0.4) is 0 Å². The molecule has 118 valence electrons. The molecular weight excluding hydrogens is 300 g/mol. The Labute approximate surface area is 127 Å². The number of alkyl halides is 1. The average Bonchev–Trinajstić information content (AvgIpc) is 2.46. The lowest BCUT2D eigenvalue weighted by molar-refractivity contribution is 0.0287. The summed E-state index contributed by atoms with van der Waals surface area (Å²) in [6, 6.07) is 0.124. The summed E-state index contributed by atoms with van der Waals surface area (Å²) >= 11 is 5.60. The molecule has 2 saturated heterocycles. The van der Waals surface area contributed by atoms with Crippen LogP contribution in [0.2, 0.25) is 0 Å². The zero-order valence-electron chi connectivity index (χ0n) is 12.1. The molecule has 0 saturated carbocycles. The predicted octanol–water partition coefficient (Wildman–Crippen LogP) is 1.83. The fourth-order valence-electron chi connectivity index (χ4n) is 3.00. The molecule has 0 N–H and O–H groups in total. The second-order valence-corrected chi connectivity index (χ2v) is 7.88. The fourth-order valence-corrected chi connectivity index (χ4v) is 4.98. The Hall–Kier alpha value is 0.120. The molecule has 2 aliphatic rings. The predicted molar refractivity (Wildman–Crippen MR) is 80.2 cm³/mol.